The van der Waals surface area contributed by atoms with Crippen molar-refractivity contribution in [1.29, 1.82) is 0 Å². The van der Waals surface area contributed by atoms with Gasteiger partial charge < -0.3 is 9.84 Å². The van der Waals surface area contributed by atoms with E-state index < -0.39 is 11.6 Å². The molecule has 0 heterocycles. The Morgan fingerprint density at radius 1 is 0.880 bits per heavy atom. The molecule has 0 unspecified atom stereocenters. The molecule has 0 atom stereocenters. The van der Waals surface area contributed by atoms with Gasteiger partial charge >= 0.3 is 11.9 Å². The molecule has 0 amide bonds. The molecular formula is C21H38O4. The van der Waals surface area contributed by atoms with E-state index in [1.807, 2.05) is 0 Å². The number of esters is 1. The van der Waals surface area contributed by atoms with Crippen molar-refractivity contribution in [3.05, 3.63) is 0 Å². The molecule has 25 heavy (non-hydrogen) atoms. The predicted octanol–water partition coefficient (Wildman–Crippen LogP) is 5.59. The monoisotopic (exact) mass is 354 g/mol. The van der Waals surface area contributed by atoms with Crippen LogP contribution in [-0.2, 0) is 14.3 Å². The zero-order valence-electron chi connectivity index (χ0n) is 17.1. The summed E-state index contributed by atoms with van der Waals surface area (Å²) in [7, 11) is 0. The number of rotatable bonds is 7. The summed E-state index contributed by atoms with van der Waals surface area (Å²) in [5, 5.41) is 8.87. The summed E-state index contributed by atoms with van der Waals surface area (Å²) < 4.78 is 6.18. The van der Waals surface area contributed by atoms with Gasteiger partial charge in [0.15, 0.2) is 0 Å². The Kier molecular flexibility index (Phi) is 7.52. The van der Waals surface area contributed by atoms with Gasteiger partial charge in [-0.05, 0) is 42.4 Å². The van der Waals surface area contributed by atoms with Crippen molar-refractivity contribution in [1.82, 2.24) is 0 Å². The first kappa shape index (κ1) is 22.0. The SMILES string of the molecule is CC(C)(C)CC(CC(C)(C)C)(OC(=O)CCC(=O)O)C1CCCCC1. The quantitative estimate of drug-likeness (QED) is 0.606. The van der Waals surface area contributed by atoms with E-state index in [2.05, 4.69) is 41.5 Å². The van der Waals surface area contributed by atoms with Crippen molar-refractivity contribution in [2.75, 3.05) is 0 Å². The second-order valence-corrected chi connectivity index (χ2v) is 10.2. The van der Waals surface area contributed by atoms with Crippen LogP contribution >= 0.6 is 0 Å². The first-order valence-corrected chi connectivity index (χ1v) is 9.77. The maximum atomic E-state index is 12.5. The molecule has 0 spiro atoms. The standard InChI is InChI=1S/C21H38O4/c1-19(2,3)14-21(15-20(4,5)6,16-10-8-7-9-11-16)25-18(24)13-12-17(22)23/h16H,7-15H2,1-6H3,(H,22,23). The second-order valence-electron chi connectivity index (χ2n) is 10.2. The van der Waals surface area contributed by atoms with E-state index >= 15 is 0 Å². The van der Waals surface area contributed by atoms with Crippen LogP contribution in [0.3, 0.4) is 0 Å². The summed E-state index contributed by atoms with van der Waals surface area (Å²) in [4.78, 5) is 23.3. The smallest absolute Gasteiger partial charge is 0.306 e. The number of carboxylic acids is 1. The molecule has 0 aromatic rings. The third-order valence-corrected chi connectivity index (χ3v) is 4.87. The third kappa shape index (κ3) is 8.24. The van der Waals surface area contributed by atoms with Crippen molar-refractivity contribution in [3.63, 3.8) is 0 Å². The highest BCUT2D eigenvalue weighted by atomic mass is 16.6. The van der Waals surface area contributed by atoms with E-state index in [0.717, 1.165) is 25.7 Å². The molecule has 1 rings (SSSR count). The number of carbonyl (C=O) groups is 2. The Morgan fingerprint density at radius 3 is 1.76 bits per heavy atom. The van der Waals surface area contributed by atoms with Crippen molar-refractivity contribution >= 4 is 11.9 Å². The molecule has 0 aromatic heterocycles. The van der Waals surface area contributed by atoms with Crippen LogP contribution in [-0.4, -0.2) is 22.6 Å². The molecule has 1 saturated carbocycles. The van der Waals surface area contributed by atoms with Gasteiger partial charge in [0.2, 0.25) is 0 Å². The molecule has 0 radical (unpaired) electrons. The summed E-state index contributed by atoms with van der Waals surface area (Å²) in [6.45, 7) is 13.2. The lowest BCUT2D eigenvalue weighted by Crippen LogP contribution is -2.48. The zero-order chi connectivity index (χ0) is 19.3. The third-order valence-electron chi connectivity index (χ3n) is 4.87. The largest absolute Gasteiger partial charge is 0.481 e. The number of hydrogen-bond donors (Lipinski definition) is 1. The maximum Gasteiger partial charge on any atom is 0.306 e. The number of aliphatic carboxylic acids is 1. The van der Waals surface area contributed by atoms with Crippen LogP contribution in [0.5, 0.6) is 0 Å². The van der Waals surface area contributed by atoms with Crippen molar-refractivity contribution in [3.8, 4) is 0 Å². The zero-order valence-corrected chi connectivity index (χ0v) is 17.1. The summed E-state index contributed by atoms with van der Waals surface area (Å²) in [6.07, 6.45) is 7.26. The summed E-state index contributed by atoms with van der Waals surface area (Å²) in [5.41, 5.74) is -0.419. The number of carbonyl (C=O) groups excluding carboxylic acids is 1. The van der Waals surface area contributed by atoms with Crippen molar-refractivity contribution in [2.24, 2.45) is 16.7 Å². The van der Waals surface area contributed by atoms with Gasteiger partial charge in [-0.25, -0.2) is 0 Å². The van der Waals surface area contributed by atoms with Gasteiger partial charge in [-0.1, -0.05) is 60.8 Å². The molecule has 1 fully saturated rings. The molecule has 0 saturated heterocycles. The topological polar surface area (TPSA) is 63.6 Å². The molecular weight excluding hydrogens is 316 g/mol. The van der Waals surface area contributed by atoms with Crippen molar-refractivity contribution < 1.29 is 19.4 Å². The minimum Gasteiger partial charge on any atom is -0.481 e. The van der Waals surface area contributed by atoms with Crippen LogP contribution in [0.1, 0.15) is 99.3 Å². The van der Waals surface area contributed by atoms with Crippen LogP contribution < -0.4 is 0 Å². The van der Waals surface area contributed by atoms with E-state index in [1.54, 1.807) is 0 Å². The normalized spacial score (nSPS) is 17.4. The van der Waals surface area contributed by atoms with Crippen molar-refractivity contribution in [2.45, 2.75) is 105 Å². The van der Waals surface area contributed by atoms with E-state index in [4.69, 9.17) is 9.84 Å². The highest BCUT2D eigenvalue weighted by molar-refractivity contribution is 5.76. The predicted molar refractivity (Wildman–Crippen MR) is 100 cm³/mol. The van der Waals surface area contributed by atoms with Gasteiger partial charge in [-0.2, -0.15) is 0 Å². The Bertz CT molecular complexity index is 431. The molecule has 4 nitrogen and oxygen atoms in total. The van der Waals surface area contributed by atoms with Gasteiger partial charge in [0.05, 0.1) is 12.8 Å². The molecule has 0 aromatic carbocycles. The summed E-state index contributed by atoms with van der Waals surface area (Å²) in [5.74, 6) is -0.943. The number of hydrogen-bond acceptors (Lipinski definition) is 3. The Hall–Kier alpha value is -1.06. The fourth-order valence-electron chi connectivity index (χ4n) is 4.42. The molecule has 0 bridgehead atoms. The van der Waals surface area contributed by atoms with Gasteiger partial charge in [-0.15, -0.1) is 0 Å². The second kappa shape index (κ2) is 8.55. The first-order valence-electron chi connectivity index (χ1n) is 9.77. The van der Waals surface area contributed by atoms with Crippen LogP contribution in [0.15, 0.2) is 0 Å². The lowest BCUT2D eigenvalue weighted by atomic mass is 9.64. The van der Waals surface area contributed by atoms with E-state index in [9.17, 15) is 9.59 Å². The lowest BCUT2D eigenvalue weighted by Gasteiger charge is -2.48. The number of ether oxygens (including phenoxy) is 1. The van der Waals surface area contributed by atoms with E-state index in [1.165, 1.54) is 19.3 Å². The van der Waals surface area contributed by atoms with Crippen LogP contribution in [0, 0.1) is 16.7 Å². The fourth-order valence-corrected chi connectivity index (χ4v) is 4.42. The summed E-state index contributed by atoms with van der Waals surface area (Å²) >= 11 is 0. The van der Waals surface area contributed by atoms with E-state index in [-0.39, 0.29) is 29.6 Å². The molecule has 1 aliphatic rings. The van der Waals surface area contributed by atoms with Gasteiger partial charge in [0.25, 0.3) is 0 Å². The highest BCUT2D eigenvalue weighted by Crippen LogP contribution is 2.48. The summed E-state index contributed by atoms with van der Waals surface area (Å²) in [6, 6.07) is 0. The first-order chi connectivity index (χ1) is 11.3. The molecule has 146 valence electrons. The highest BCUT2D eigenvalue weighted by Gasteiger charge is 2.47. The minimum absolute atomic E-state index is 0.0375. The van der Waals surface area contributed by atoms with Crippen LogP contribution in [0.4, 0.5) is 0 Å². The Labute approximate surface area is 153 Å². The van der Waals surface area contributed by atoms with Gasteiger partial charge in [-0.3, -0.25) is 9.59 Å². The average Bonchev–Trinajstić information content (AvgIpc) is 2.42. The van der Waals surface area contributed by atoms with Crippen LogP contribution in [0.2, 0.25) is 0 Å². The molecule has 4 heteroatoms. The minimum atomic E-state index is -0.952. The molecule has 1 aliphatic carbocycles. The van der Waals surface area contributed by atoms with Gasteiger partial charge in [0, 0.05) is 0 Å². The Morgan fingerprint density at radius 2 is 1.36 bits per heavy atom. The number of carboxylic acid groups (broad SMARTS) is 1. The van der Waals surface area contributed by atoms with E-state index in [0.29, 0.717) is 5.92 Å². The molecule has 1 N–H and O–H groups in total. The van der Waals surface area contributed by atoms with Gasteiger partial charge in [0.1, 0.15) is 5.60 Å². The lowest BCUT2D eigenvalue weighted by molar-refractivity contribution is -0.179. The van der Waals surface area contributed by atoms with Crippen LogP contribution in [0.25, 0.3) is 0 Å². The Balaban J connectivity index is 3.12. The fraction of sp³-hybridized carbons (Fsp3) is 0.905. The molecule has 0 aliphatic heterocycles. The average molecular weight is 355 g/mol. The maximum absolute atomic E-state index is 12.5.